The molecule has 0 aliphatic rings. The highest BCUT2D eigenvalue weighted by Crippen LogP contribution is 2.30. The van der Waals surface area contributed by atoms with Gasteiger partial charge in [0.15, 0.2) is 5.58 Å². The maximum atomic E-state index is 12.4. The number of aryl methyl sites for hydroxylation is 1. The minimum Gasteiger partial charge on any atom is -0.436 e. The van der Waals surface area contributed by atoms with Gasteiger partial charge in [-0.2, -0.15) is 0 Å². The summed E-state index contributed by atoms with van der Waals surface area (Å²) >= 11 is 12.0. The van der Waals surface area contributed by atoms with E-state index in [9.17, 15) is 4.79 Å². The first-order valence-electron chi connectivity index (χ1n) is 8.90. The third-order valence-electron chi connectivity index (χ3n) is 4.34. The van der Waals surface area contributed by atoms with Crippen LogP contribution in [0.5, 0.6) is 0 Å². The van der Waals surface area contributed by atoms with Crippen molar-refractivity contribution in [3.8, 4) is 11.5 Å². The number of benzene rings is 3. The first kappa shape index (κ1) is 19.2. The molecule has 4 rings (SSSR count). The Morgan fingerprint density at radius 3 is 2.72 bits per heavy atom. The Balaban J connectivity index is 1.59. The zero-order valence-corrected chi connectivity index (χ0v) is 17.0. The molecule has 1 aromatic heterocycles. The van der Waals surface area contributed by atoms with Gasteiger partial charge in [0.2, 0.25) is 11.8 Å². The van der Waals surface area contributed by atoms with E-state index in [0.717, 1.165) is 11.1 Å². The summed E-state index contributed by atoms with van der Waals surface area (Å²) in [5, 5.41) is 3.89. The Kier molecular flexibility index (Phi) is 5.38. The van der Waals surface area contributed by atoms with Crippen molar-refractivity contribution in [3.63, 3.8) is 0 Å². The number of rotatable bonds is 4. The number of amides is 1. The van der Waals surface area contributed by atoms with Crippen LogP contribution in [0.15, 0.2) is 71.2 Å². The van der Waals surface area contributed by atoms with Gasteiger partial charge in [0, 0.05) is 16.1 Å². The van der Waals surface area contributed by atoms with E-state index in [1.54, 1.807) is 30.3 Å². The molecule has 1 amide bonds. The number of nitrogens with one attached hydrogen (secondary N) is 1. The van der Waals surface area contributed by atoms with Crippen LogP contribution >= 0.6 is 23.2 Å². The molecule has 4 aromatic rings. The molecule has 0 atom stereocenters. The Hall–Kier alpha value is -3.08. The van der Waals surface area contributed by atoms with Crippen LogP contribution in [0.1, 0.15) is 11.1 Å². The van der Waals surface area contributed by atoms with Gasteiger partial charge in [-0.25, -0.2) is 4.98 Å². The van der Waals surface area contributed by atoms with Crippen LogP contribution in [-0.2, 0) is 4.79 Å². The van der Waals surface area contributed by atoms with Crippen LogP contribution in [-0.4, -0.2) is 10.9 Å². The summed E-state index contributed by atoms with van der Waals surface area (Å²) in [7, 11) is 0. The van der Waals surface area contributed by atoms with Gasteiger partial charge in [0.1, 0.15) is 5.52 Å². The molecule has 0 unspecified atom stereocenters. The minimum absolute atomic E-state index is 0.296. The number of aromatic nitrogens is 1. The van der Waals surface area contributed by atoms with E-state index in [4.69, 9.17) is 27.6 Å². The van der Waals surface area contributed by atoms with Crippen molar-refractivity contribution >= 4 is 52.0 Å². The van der Waals surface area contributed by atoms with Gasteiger partial charge in [-0.05, 0) is 60.5 Å². The molecule has 0 aliphatic carbocycles. The molecule has 0 saturated heterocycles. The summed E-state index contributed by atoms with van der Waals surface area (Å²) in [4.78, 5) is 17.0. The highest BCUT2D eigenvalue weighted by Gasteiger charge is 2.13. The fraction of sp³-hybridized carbons (Fsp3) is 0.0435. The van der Waals surface area contributed by atoms with E-state index in [1.807, 2.05) is 43.3 Å². The van der Waals surface area contributed by atoms with Crippen molar-refractivity contribution in [1.82, 2.24) is 4.98 Å². The van der Waals surface area contributed by atoms with Crippen LogP contribution in [0.25, 0.3) is 28.6 Å². The number of oxazole rings is 1. The van der Waals surface area contributed by atoms with Crippen molar-refractivity contribution in [1.29, 1.82) is 0 Å². The number of halogens is 2. The summed E-state index contributed by atoms with van der Waals surface area (Å²) in [6.07, 6.45) is 3.06. The Bertz CT molecular complexity index is 1240. The third-order valence-corrected chi connectivity index (χ3v) is 4.90. The summed E-state index contributed by atoms with van der Waals surface area (Å²) in [6.45, 7) is 2.00. The van der Waals surface area contributed by atoms with Gasteiger partial charge < -0.3 is 9.73 Å². The molecule has 0 spiro atoms. The Morgan fingerprint density at radius 1 is 1.07 bits per heavy atom. The quantitative estimate of drug-likeness (QED) is 0.369. The van der Waals surface area contributed by atoms with Gasteiger partial charge in [0.05, 0.1) is 11.3 Å². The lowest BCUT2D eigenvalue weighted by molar-refractivity contribution is -0.111. The molecule has 0 aliphatic heterocycles. The van der Waals surface area contributed by atoms with Gasteiger partial charge in [-0.15, -0.1) is 0 Å². The molecule has 29 heavy (non-hydrogen) atoms. The normalized spacial score (nSPS) is 11.3. The number of hydrogen-bond donors (Lipinski definition) is 1. The maximum absolute atomic E-state index is 12.4. The number of para-hydroxylation sites is 1. The molecule has 0 bridgehead atoms. The summed E-state index contributed by atoms with van der Waals surface area (Å²) in [5.74, 6) is 0.154. The lowest BCUT2D eigenvalue weighted by Crippen LogP contribution is -2.08. The van der Waals surface area contributed by atoms with E-state index in [0.29, 0.717) is 38.3 Å². The largest absolute Gasteiger partial charge is 0.436 e. The zero-order chi connectivity index (χ0) is 20.4. The second-order valence-corrected chi connectivity index (χ2v) is 7.37. The molecule has 0 fully saturated rings. The van der Waals surface area contributed by atoms with Gasteiger partial charge in [-0.3, -0.25) is 4.79 Å². The van der Waals surface area contributed by atoms with Crippen molar-refractivity contribution in [2.75, 3.05) is 5.32 Å². The van der Waals surface area contributed by atoms with Crippen molar-refractivity contribution in [2.24, 2.45) is 0 Å². The van der Waals surface area contributed by atoms with Crippen molar-refractivity contribution in [3.05, 3.63) is 87.9 Å². The highest BCUT2D eigenvalue weighted by atomic mass is 35.5. The predicted octanol–water partition coefficient (Wildman–Crippen LogP) is 6.76. The van der Waals surface area contributed by atoms with Crippen LogP contribution in [0.2, 0.25) is 10.0 Å². The van der Waals surface area contributed by atoms with Gasteiger partial charge in [-0.1, -0.05) is 47.5 Å². The third kappa shape index (κ3) is 4.34. The number of hydrogen-bond acceptors (Lipinski definition) is 3. The highest BCUT2D eigenvalue weighted by molar-refractivity contribution is 6.35. The van der Waals surface area contributed by atoms with Gasteiger partial charge >= 0.3 is 0 Å². The predicted molar refractivity (Wildman–Crippen MR) is 118 cm³/mol. The standard InChI is InChI=1S/C23H16Cl2N2O2/c1-14-6-10-21-20(12-14)27-23(29-21)17-4-2-3-5-19(17)26-22(28)11-8-15-7-9-16(24)13-18(15)25/h2-13H,1H3,(H,26,28). The number of nitrogens with zero attached hydrogens (tertiary/aromatic N) is 1. The molecule has 1 heterocycles. The van der Waals surface area contributed by atoms with Crippen molar-refractivity contribution in [2.45, 2.75) is 6.92 Å². The van der Waals surface area contributed by atoms with Crippen LogP contribution in [0, 0.1) is 6.92 Å². The molecule has 0 radical (unpaired) electrons. The second-order valence-electron chi connectivity index (χ2n) is 6.52. The molecular formula is C23H16Cl2N2O2. The minimum atomic E-state index is -0.296. The van der Waals surface area contributed by atoms with E-state index >= 15 is 0 Å². The molecule has 144 valence electrons. The van der Waals surface area contributed by atoms with E-state index < -0.39 is 0 Å². The fourth-order valence-corrected chi connectivity index (χ4v) is 3.38. The van der Waals surface area contributed by atoms with E-state index in [-0.39, 0.29) is 5.91 Å². The summed E-state index contributed by atoms with van der Waals surface area (Å²) < 4.78 is 5.88. The Labute approximate surface area is 177 Å². The molecule has 3 aromatic carbocycles. The van der Waals surface area contributed by atoms with E-state index in [1.165, 1.54) is 6.08 Å². The molecule has 1 N–H and O–H groups in total. The topological polar surface area (TPSA) is 55.1 Å². The second kappa shape index (κ2) is 8.11. The number of anilines is 1. The number of fused-ring (bicyclic) bond motifs is 1. The lowest BCUT2D eigenvalue weighted by atomic mass is 10.1. The molecule has 6 heteroatoms. The van der Waals surface area contributed by atoms with Crippen LogP contribution in [0.3, 0.4) is 0 Å². The first-order valence-corrected chi connectivity index (χ1v) is 9.66. The smallest absolute Gasteiger partial charge is 0.248 e. The maximum Gasteiger partial charge on any atom is 0.248 e. The SMILES string of the molecule is Cc1ccc2oc(-c3ccccc3NC(=O)C=Cc3ccc(Cl)cc3Cl)nc2c1. The van der Waals surface area contributed by atoms with Crippen molar-refractivity contribution < 1.29 is 9.21 Å². The Morgan fingerprint density at radius 2 is 1.90 bits per heavy atom. The van der Waals surface area contributed by atoms with E-state index in [2.05, 4.69) is 10.3 Å². The number of carbonyl (C=O) groups is 1. The average Bonchev–Trinajstić information content (AvgIpc) is 3.10. The fourth-order valence-electron chi connectivity index (χ4n) is 2.91. The molecule has 4 nitrogen and oxygen atoms in total. The monoisotopic (exact) mass is 422 g/mol. The number of carbonyl (C=O) groups excluding carboxylic acids is 1. The molecular weight excluding hydrogens is 407 g/mol. The summed E-state index contributed by atoms with van der Waals surface area (Å²) in [5.41, 5.74) is 4.58. The van der Waals surface area contributed by atoms with Gasteiger partial charge in [0.25, 0.3) is 0 Å². The average molecular weight is 423 g/mol. The lowest BCUT2D eigenvalue weighted by Gasteiger charge is -2.07. The first-order chi connectivity index (χ1) is 14.0. The zero-order valence-electron chi connectivity index (χ0n) is 15.4. The van der Waals surface area contributed by atoms with Crippen LogP contribution in [0.4, 0.5) is 5.69 Å². The van der Waals surface area contributed by atoms with Crippen LogP contribution < -0.4 is 5.32 Å². The molecule has 0 saturated carbocycles. The summed E-state index contributed by atoms with van der Waals surface area (Å²) in [6, 6.07) is 18.3.